The second kappa shape index (κ2) is 17.9. The third-order valence-corrected chi connectivity index (χ3v) is 5.82. The molecule has 0 heterocycles. The topological polar surface area (TPSA) is 90.7 Å². The zero-order valence-corrected chi connectivity index (χ0v) is 17.6. The molecule has 0 aliphatic heterocycles. The molecule has 0 radical (unpaired) electrons. The van der Waals surface area contributed by atoms with Gasteiger partial charge in [0.05, 0.1) is 9.52 Å². The number of nitrogens with two attached hydrogens (primary N) is 1. The van der Waals surface area contributed by atoms with E-state index in [-0.39, 0.29) is 17.7 Å². The lowest BCUT2D eigenvalue weighted by Crippen LogP contribution is -2.27. The first-order valence-corrected chi connectivity index (χ1v) is 11.7. The summed E-state index contributed by atoms with van der Waals surface area (Å²) in [7, 11) is -0.402. The van der Waals surface area contributed by atoms with E-state index in [0.29, 0.717) is 26.1 Å². The molecule has 0 rings (SSSR count). The van der Waals surface area contributed by atoms with Gasteiger partial charge in [-0.1, -0.05) is 31.7 Å². The van der Waals surface area contributed by atoms with Crippen molar-refractivity contribution >= 4 is 21.3 Å². The molecule has 0 atom stereocenters. The average Bonchev–Trinajstić information content (AvgIpc) is 2.57. The summed E-state index contributed by atoms with van der Waals surface area (Å²) in [5, 5.41) is 2.99. The number of rotatable bonds is 18. The van der Waals surface area contributed by atoms with Crippen molar-refractivity contribution in [1.82, 2.24) is 5.32 Å². The van der Waals surface area contributed by atoms with Gasteiger partial charge < -0.3 is 20.5 Å². The Hall–Kier alpha value is -0.923. The number of hydrogen-bond donors (Lipinski definition) is 2. The predicted octanol–water partition coefficient (Wildman–Crippen LogP) is 2.04. The summed E-state index contributed by atoms with van der Waals surface area (Å²) >= 11 is 0. The predicted molar refractivity (Wildman–Crippen MR) is 104 cm³/mol. The van der Waals surface area contributed by atoms with Crippen LogP contribution in [0.1, 0.15) is 71.6 Å². The number of carbonyl (C=O) groups is 2. The van der Waals surface area contributed by atoms with Gasteiger partial charge >= 0.3 is 0 Å². The van der Waals surface area contributed by atoms with E-state index in [1.165, 1.54) is 0 Å². The fourth-order valence-corrected chi connectivity index (χ4v) is 4.31. The van der Waals surface area contributed by atoms with Gasteiger partial charge in [-0.3, -0.25) is 9.59 Å². The van der Waals surface area contributed by atoms with E-state index in [1.807, 2.05) is 13.8 Å². The molecule has 148 valence electrons. The molecule has 3 N–H and O–H groups in total. The first-order chi connectivity index (χ1) is 12.1. The Balaban J connectivity index is 3.39. The van der Waals surface area contributed by atoms with E-state index in [9.17, 15) is 9.59 Å². The van der Waals surface area contributed by atoms with Crippen LogP contribution >= 0.6 is 0 Å². The maximum absolute atomic E-state index is 11.8. The number of unbranched alkanes of at least 4 members (excludes halogenated alkanes) is 5. The highest BCUT2D eigenvalue weighted by molar-refractivity contribution is 6.36. The number of nitrogens with one attached hydrogen (secondary N) is 1. The molecule has 6 nitrogen and oxygen atoms in total. The fourth-order valence-electron chi connectivity index (χ4n) is 2.63. The minimum absolute atomic E-state index is 0.0219. The van der Waals surface area contributed by atoms with Crippen molar-refractivity contribution in [2.45, 2.75) is 83.6 Å². The summed E-state index contributed by atoms with van der Waals surface area (Å²) in [6.07, 6.45) is 8.27. The highest BCUT2D eigenvalue weighted by atomic mass is 28.2. The molecule has 0 fully saturated rings. The van der Waals surface area contributed by atoms with Gasteiger partial charge in [0.25, 0.3) is 0 Å². The summed E-state index contributed by atoms with van der Waals surface area (Å²) in [4.78, 5) is 22.4. The number of hydrogen-bond acceptors (Lipinski definition) is 4. The maximum atomic E-state index is 11.8. The summed E-state index contributed by atoms with van der Waals surface area (Å²) in [6, 6.07) is 1.12. The lowest BCUT2D eigenvalue weighted by molar-refractivity contribution is -0.121. The number of amides is 2. The van der Waals surface area contributed by atoms with E-state index < -0.39 is 9.52 Å². The van der Waals surface area contributed by atoms with Gasteiger partial charge in [-0.15, -0.1) is 0 Å². The quantitative estimate of drug-likeness (QED) is 0.218. The van der Waals surface area contributed by atoms with Crippen LogP contribution in [0.25, 0.3) is 0 Å². The van der Waals surface area contributed by atoms with Crippen molar-refractivity contribution in [2.75, 3.05) is 19.8 Å². The number of primary amides is 1. The molecule has 7 heteroatoms. The van der Waals surface area contributed by atoms with E-state index in [2.05, 4.69) is 5.32 Å². The minimum Gasteiger partial charge on any atom is -0.370 e. The molecule has 0 aliphatic carbocycles. The Kier molecular flexibility index (Phi) is 17.2. The molecule has 0 saturated carbocycles. The van der Waals surface area contributed by atoms with Crippen LogP contribution in [0.4, 0.5) is 0 Å². The molecular formula is C18H38N2O4Si. The van der Waals surface area contributed by atoms with Crippen LogP contribution in [-0.4, -0.2) is 47.0 Å². The largest absolute Gasteiger partial charge is 0.370 e. The number of carbonyl (C=O) groups excluding carboxylic acids is 2. The molecule has 0 unspecified atom stereocenters. The van der Waals surface area contributed by atoms with Gasteiger partial charge in [-0.25, -0.2) is 0 Å². The highest BCUT2D eigenvalue weighted by Crippen LogP contribution is 2.08. The van der Waals surface area contributed by atoms with Gasteiger partial charge in [-0.2, -0.15) is 0 Å². The molecule has 0 aromatic heterocycles. The van der Waals surface area contributed by atoms with E-state index in [4.69, 9.17) is 15.2 Å². The smallest absolute Gasteiger partial charge is 0.219 e. The van der Waals surface area contributed by atoms with Gasteiger partial charge in [0.15, 0.2) is 0 Å². The van der Waals surface area contributed by atoms with Crippen molar-refractivity contribution in [3.63, 3.8) is 0 Å². The van der Waals surface area contributed by atoms with Crippen LogP contribution in [0.3, 0.4) is 0 Å². The lowest BCUT2D eigenvalue weighted by Gasteiger charge is -2.16. The average molecular weight is 375 g/mol. The van der Waals surface area contributed by atoms with Gasteiger partial charge in [0, 0.05) is 32.6 Å². The first kappa shape index (κ1) is 24.1. The Labute approximate surface area is 155 Å². The minimum atomic E-state index is -0.402. The zero-order chi connectivity index (χ0) is 18.8. The van der Waals surface area contributed by atoms with Crippen LogP contribution < -0.4 is 11.1 Å². The lowest BCUT2D eigenvalue weighted by atomic mass is 10.1. The highest BCUT2D eigenvalue weighted by Gasteiger charge is 2.08. The summed E-state index contributed by atoms with van der Waals surface area (Å²) in [5.41, 5.74) is 5.10. The first-order valence-electron chi connectivity index (χ1n) is 9.88. The molecule has 0 bridgehead atoms. The van der Waals surface area contributed by atoms with Crippen LogP contribution in [0, 0.1) is 0 Å². The monoisotopic (exact) mass is 374 g/mol. The van der Waals surface area contributed by atoms with Crippen molar-refractivity contribution in [1.29, 1.82) is 0 Å². The van der Waals surface area contributed by atoms with Crippen molar-refractivity contribution < 1.29 is 19.1 Å². The summed E-state index contributed by atoms with van der Waals surface area (Å²) in [6.45, 7) is 6.12. The second-order valence-corrected chi connectivity index (χ2v) is 8.22. The van der Waals surface area contributed by atoms with Crippen LogP contribution in [0.15, 0.2) is 0 Å². The Bertz CT molecular complexity index is 337. The third kappa shape index (κ3) is 17.7. The van der Waals surface area contributed by atoms with Crippen LogP contribution in [-0.2, 0) is 19.1 Å². The molecule has 0 aromatic carbocycles. The molecule has 0 aromatic rings. The zero-order valence-electron chi connectivity index (χ0n) is 16.2. The van der Waals surface area contributed by atoms with E-state index in [1.54, 1.807) is 0 Å². The summed E-state index contributed by atoms with van der Waals surface area (Å²) in [5.74, 6) is -0.0409. The van der Waals surface area contributed by atoms with E-state index >= 15 is 0 Å². The Morgan fingerprint density at radius 3 is 2.04 bits per heavy atom. The summed E-state index contributed by atoms with van der Waals surface area (Å²) < 4.78 is 11.1. The Morgan fingerprint density at radius 1 is 0.920 bits per heavy atom. The molecular weight excluding hydrogens is 336 g/mol. The van der Waals surface area contributed by atoms with Gasteiger partial charge in [0.2, 0.25) is 11.8 Å². The van der Waals surface area contributed by atoms with Crippen LogP contribution in [0.2, 0.25) is 6.04 Å². The van der Waals surface area contributed by atoms with Crippen molar-refractivity contribution in [3.8, 4) is 0 Å². The molecule has 25 heavy (non-hydrogen) atoms. The normalized spacial score (nSPS) is 11.5. The standard InChI is InChI=1S/C18H38N2O4Si/c1-3-23-18(24-4-2)25-15-11-14-20-17(22)13-10-8-6-5-7-9-12-16(19)21/h18H,3-15,25H2,1-2H3,(H2,19,21)(H,20,22). The Morgan fingerprint density at radius 2 is 1.48 bits per heavy atom. The second-order valence-electron chi connectivity index (χ2n) is 6.27. The van der Waals surface area contributed by atoms with Crippen molar-refractivity contribution in [2.24, 2.45) is 5.73 Å². The van der Waals surface area contributed by atoms with Gasteiger partial charge in [-0.05, 0) is 33.1 Å². The van der Waals surface area contributed by atoms with E-state index in [0.717, 1.165) is 57.5 Å². The van der Waals surface area contributed by atoms with Gasteiger partial charge in [0.1, 0.15) is 5.91 Å². The molecule has 2 amide bonds. The van der Waals surface area contributed by atoms with Crippen molar-refractivity contribution in [3.05, 3.63) is 0 Å². The SMILES string of the molecule is CCOC(OCC)[SiH2]CCCNC(=O)CCCCCCCCC(N)=O. The fraction of sp³-hybridized carbons (Fsp3) is 0.889. The van der Waals surface area contributed by atoms with Crippen LogP contribution in [0.5, 0.6) is 0 Å². The molecule has 0 saturated heterocycles. The molecule has 0 aliphatic rings. The number of ether oxygens (including phenoxy) is 2. The maximum Gasteiger partial charge on any atom is 0.219 e. The molecule has 0 spiro atoms. The third-order valence-electron chi connectivity index (χ3n) is 3.97.